The minimum atomic E-state index is -3.16. The largest absolute Gasteiger partial charge is 0.331 e. The van der Waals surface area contributed by atoms with Crippen LogP contribution in [0.15, 0.2) is 72.8 Å². The zero-order chi connectivity index (χ0) is 24.3. The van der Waals surface area contributed by atoms with Crippen molar-refractivity contribution in [2.24, 2.45) is 0 Å². The number of carbonyl (C=O) groups is 1. The predicted octanol–water partition coefficient (Wildman–Crippen LogP) is 6.54. The number of hydrogen-bond donors (Lipinski definition) is 0. The summed E-state index contributed by atoms with van der Waals surface area (Å²) in [6.45, 7) is 0.292. The van der Waals surface area contributed by atoms with Gasteiger partial charge in [0.05, 0.1) is 11.5 Å². The molecule has 3 aromatic rings. The molecule has 4 rings (SSSR count). The van der Waals surface area contributed by atoms with Crippen LogP contribution < -0.4 is 0 Å². The van der Waals surface area contributed by atoms with Gasteiger partial charge in [-0.05, 0) is 47.4 Å². The van der Waals surface area contributed by atoms with Gasteiger partial charge in [0.1, 0.15) is 0 Å². The Kier molecular flexibility index (Phi) is 7.68. The second-order valence-electron chi connectivity index (χ2n) is 8.20. The first kappa shape index (κ1) is 24.8. The molecular weight excluding hydrogens is 513 g/mol. The molecule has 0 bridgehead atoms. The average molecular weight is 535 g/mol. The van der Waals surface area contributed by atoms with Crippen molar-refractivity contribution in [3.63, 3.8) is 0 Å². The van der Waals surface area contributed by atoms with Gasteiger partial charge >= 0.3 is 0 Å². The summed E-state index contributed by atoms with van der Waals surface area (Å²) in [4.78, 5) is 14.8. The molecule has 1 heterocycles. The van der Waals surface area contributed by atoms with Crippen LogP contribution in [0.4, 0.5) is 0 Å². The summed E-state index contributed by atoms with van der Waals surface area (Å²) in [5, 5.41) is 1.66. The van der Waals surface area contributed by atoms with E-state index >= 15 is 0 Å². The van der Waals surface area contributed by atoms with Crippen LogP contribution in [0.3, 0.4) is 0 Å². The minimum absolute atomic E-state index is 0.0306. The van der Waals surface area contributed by atoms with E-state index in [4.69, 9.17) is 34.8 Å². The van der Waals surface area contributed by atoms with Gasteiger partial charge in [-0.15, -0.1) is 0 Å². The molecule has 0 radical (unpaired) electrons. The maximum Gasteiger partial charge on any atom is 0.247 e. The van der Waals surface area contributed by atoms with Gasteiger partial charge in [0.15, 0.2) is 9.84 Å². The zero-order valence-corrected chi connectivity index (χ0v) is 21.2. The fourth-order valence-corrected chi connectivity index (χ4v) is 6.43. The van der Waals surface area contributed by atoms with Gasteiger partial charge in [-0.2, -0.15) is 0 Å². The molecule has 1 aliphatic heterocycles. The van der Waals surface area contributed by atoms with Crippen LogP contribution in [-0.2, 0) is 21.2 Å². The lowest BCUT2D eigenvalue weighted by atomic mass is 10.0. The van der Waals surface area contributed by atoms with Crippen LogP contribution in [-0.4, -0.2) is 36.8 Å². The van der Waals surface area contributed by atoms with Gasteiger partial charge in [0.2, 0.25) is 5.91 Å². The Labute approximate surface area is 214 Å². The van der Waals surface area contributed by atoms with E-state index in [1.807, 2.05) is 48.5 Å². The van der Waals surface area contributed by atoms with Crippen molar-refractivity contribution in [3.8, 4) is 11.1 Å². The Morgan fingerprint density at radius 3 is 2.35 bits per heavy atom. The number of sulfone groups is 1. The van der Waals surface area contributed by atoms with Crippen molar-refractivity contribution in [3.05, 3.63) is 99.0 Å². The second-order valence-corrected chi connectivity index (χ2v) is 11.7. The van der Waals surface area contributed by atoms with Gasteiger partial charge in [-0.3, -0.25) is 4.79 Å². The molecule has 3 aromatic carbocycles. The third-order valence-electron chi connectivity index (χ3n) is 5.79. The maximum atomic E-state index is 13.2. The molecule has 0 N–H and O–H groups in total. The number of hydrogen-bond acceptors (Lipinski definition) is 3. The highest BCUT2D eigenvalue weighted by molar-refractivity contribution is 7.91. The van der Waals surface area contributed by atoms with E-state index in [-0.39, 0.29) is 23.5 Å². The Morgan fingerprint density at radius 1 is 0.971 bits per heavy atom. The van der Waals surface area contributed by atoms with Crippen molar-refractivity contribution < 1.29 is 13.2 Å². The number of benzene rings is 3. The van der Waals surface area contributed by atoms with E-state index in [2.05, 4.69) is 0 Å². The highest BCUT2D eigenvalue weighted by Crippen LogP contribution is 2.31. The number of nitrogens with zero attached hydrogens (tertiary/aromatic N) is 1. The van der Waals surface area contributed by atoms with Crippen LogP contribution in [0.25, 0.3) is 17.2 Å². The Bertz CT molecular complexity index is 1340. The fraction of sp³-hybridized carbons (Fsp3) is 0.192. The summed E-state index contributed by atoms with van der Waals surface area (Å²) >= 11 is 18.5. The molecule has 34 heavy (non-hydrogen) atoms. The Morgan fingerprint density at radius 2 is 1.71 bits per heavy atom. The van der Waals surface area contributed by atoms with E-state index in [0.717, 1.165) is 22.3 Å². The van der Waals surface area contributed by atoms with E-state index in [1.54, 1.807) is 29.2 Å². The smallest absolute Gasteiger partial charge is 0.247 e. The zero-order valence-electron chi connectivity index (χ0n) is 18.1. The number of carbonyl (C=O) groups excluding carboxylic acids is 1. The molecule has 1 aliphatic rings. The number of halogens is 3. The van der Waals surface area contributed by atoms with Gasteiger partial charge in [0.25, 0.3) is 0 Å². The summed E-state index contributed by atoms with van der Waals surface area (Å²) in [6.07, 6.45) is 3.53. The van der Waals surface area contributed by atoms with Crippen molar-refractivity contribution in [2.75, 3.05) is 11.5 Å². The van der Waals surface area contributed by atoms with Crippen LogP contribution in [0.2, 0.25) is 15.1 Å². The maximum absolute atomic E-state index is 13.2. The van der Waals surface area contributed by atoms with Gasteiger partial charge in [-0.1, -0.05) is 83.3 Å². The molecule has 4 nitrogen and oxygen atoms in total. The van der Waals surface area contributed by atoms with Gasteiger partial charge in [0, 0.05) is 39.3 Å². The van der Waals surface area contributed by atoms with E-state index in [9.17, 15) is 13.2 Å². The summed E-state index contributed by atoms with van der Waals surface area (Å²) < 4.78 is 24.2. The first-order chi connectivity index (χ1) is 16.2. The molecule has 1 saturated heterocycles. The molecule has 1 fully saturated rings. The van der Waals surface area contributed by atoms with Crippen LogP contribution in [0, 0.1) is 0 Å². The first-order valence-electron chi connectivity index (χ1n) is 10.7. The molecule has 0 aromatic heterocycles. The standard InChI is InChI=1S/C26H22Cl3NO3S/c27-21-10-11-23(25(29)15-21)19-7-5-18(6-8-19)16-30(22-13-14-34(32,33)17-22)26(31)12-9-20-3-1-2-4-24(20)28/h1-12,15,22H,13-14,16-17H2/b12-9+. The summed E-state index contributed by atoms with van der Waals surface area (Å²) in [6, 6.07) is 19.9. The predicted molar refractivity (Wildman–Crippen MR) is 140 cm³/mol. The number of rotatable bonds is 6. The Balaban J connectivity index is 1.57. The lowest BCUT2D eigenvalue weighted by molar-refractivity contribution is -0.128. The fourth-order valence-electron chi connectivity index (χ4n) is 3.99. The Hall–Kier alpha value is -2.31. The molecule has 0 spiro atoms. The molecule has 176 valence electrons. The highest BCUT2D eigenvalue weighted by Gasteiger charge is 2.34. The van der Waals surface area contributed by atoms with Crippen molar-refractivity contribution in [1.82, 2.24) is 4.90 Å². The average Bonchev–Trinajstić information content (AvgIpc) is 3.16. The van der Waals surface area contributed by atoms with Crippen LogP contribution in [0.5, 0.6) is 0 Å². The van der Waals surface area contributed by atoms with Crippen molar-refractivity contribution in [2.45, 2.75) is 19.0 Å². The number of amides is 1. The topological polar surface area (TPSA) is 54.5 Å². The van der Waals surface area contributed by atoms with Crippen LogP contribution >= 0.6 is 34.8 Å². The molecule has 1 atom stereocenters. The summed E-state index contributed by atoms with van der Waals surface area (Å²) in [5.41, 5.74) is 3.39. The lowest BCUT2D eigenvalue weighted by Crippen LogP contribution is -2.39. The lowest BCUT2D eigenvalue weighted by Gasteiger charge is -2.27. The summed E-state index contributed by atoms with van der Waals surface area (Å²) in [5.74, 6) is -0.201. The van der Waals surface area contributed by atoms with Crippen LogP contribution in [0.1, 0.15) is 17.5 Å². The molecule has 0 aliphatic carbocycles. The molecule has 8 heteroatoms. The third kappa shape index (κ3) is 6.02. The van der Waals surface area contributed by atoms with Crippen molar-refractivity contribution >= 4 is 56.6 Å². The quantitative estimate of drug-likeness (QED) is 0.337. The van der Waals surface area contributed by atoms with Crippen molar-refractivity contribution in [1.29, 1.82) is 0 Å². The molecule has 0 saturated carbocycles. The summed E-state index contributed by atoms with van der Waals surface area (Å²) in [7, 11) is -3.16. The SMILES string of the molecule is O=C(/C=C/c1ccccc1Cl)N(Cc1ccc(-c2ccc(Cl)cc2Cl)cc1)C1CCS(=O)(=O)C1. The molecule has 1 amide bonds. The molecule has 1 unspecified atom stereocenters. The van der Waals surface area contributed by atoms with E-state index in [1.165, 1.54) is 6.08 Å². The normalized spacial score (nSPS) is 17.2. The monoisotopic (exact) mass is 533 g/mol. The van der Waals surface area contributed by atoms with E-state index < -0.39 is 9.84 Å². The van der Waals surface area contributed by atoms with E-state index in [0.29, 0.717) is 28.0 Å². The van der Waals surface area contributed by atoms with Gasteiger partial charge in [-0.25, -0.2) is 8.42 Å². The third-order valence-corrected chi connectivity index (χ3v) is 8.43. The second kappa shape index (κ2) is 10.5. The first-order valence-corrected chi connectivity index (χ1v) is 13.7. The van der Waals surface area contributed by atoms with Gasteiger partial charge < -0.3 is 4.90 Å². The highest BCUT2D eigenvalue weighted by atomic mass is 35.5. The molecular formula is C26H22Cl3NO3S. The minimum Gasteiger partial charge on any atom is -0.331 e.